The Balaban J connectivity index is 1.77. The van der Waals surface area contributed by atoms with Crippen molar-refractivity contribution in [1.82, 2.24) is 0 Å². The highest BCUT2D eigenvalue weighted by atomic mass is 32.2. The molecular formula is C23H19N3O6S2. The minimum absolute atomic E-state index is 0.0214. The van der Waals surface area contributed by atoms with Gasteiger partial charge in [-0.05, 0) is 48.5 Å². The number of sulfonamides is 1. The first kappa shape index (κ1) is 23.4. The van der Waals surface area contributed by atoms with Crippen LogP contribution < -0.4 is 16.2 Å². The van der Waals surface area contributed by atoms with Crippen molar-refractivity contribution in [3.8, 4) is 0 Å². The number of anilines is 1. The first-order chi connectivity index (χ1) is 16.1. The summed E-state index contributed by atoms with van der Waals surface area (Å²) in [6, 6.07) is 21.5. The Morgan fingerprint density at radius 2 is 1.50 bits per heavy atom. The predicted molar refractivity (Wildman–Crippen MR) is 129 cm³/mol. The normalized spacial score (nSPS) is 12.6. The number of hydrogen-bond acceptors (Lipinski definition) is 8. The molecule has 0 atom stereocenters. The SMILES string of the molecule is NS(=O)(=O)c1ccc(N/N=C(/CS(=O)(=O)c2ccccc2)c2cc3ccccc3oc2=O)cc1. The van der Waals surface area contributed by atoms with Crippen molar-refractivity contribution in [2.75, 3.05) is 11.2 Å². The molecule has 0 aliphatic carbocycles. The topological polar surface area (TPSA) is 149 Å². The molecule has 174 valence electrons. The van der Waals surface area contributed by atoms with E-state index in [1.807, 2.05) is 0 Å². The van der Waals surface area contributed by atoms with Crippen LogP contribution in [0.2, 0.25) is 0 Å². The van der Waals surface area contributed by atoms with Crippen LogP contribution in [0.3, 0.4) is 0 Å². The maximum absolute atomic E-state index is 13.0. The van der Waals surface area contributed by atoms with Crippen LogP contribution in [0.4, 0.5) is 5.69 Å². The number of nitrogens with zero attached hydrogens (tertiary/aromatic N) is 1. The number of hydrogen-bond donors (Lipinski definition) is 2. The molecule has 11 heteroatoms. The second-order valence-electron chi connectivity index (χ2n) is 7.30. The van der Waals surface area contributed by atoms with Gasteiger partial charge in [0.15, 0.2) is 9.84 Å². The monoisotopic (exact) mass is 497 g/mol. The van der Waals surface area contributed by atoms with Gasteiger partial charge in [-0.25, -0.2) is 26.8 Å². The van der Waals surface area contributed by atoms with Crippen molar-refractivity contribution in [3.63, 3.8) is 0 Å². The number of para-hydroxylation sites is 1. The van der Waals surface area contributed by atoms with Crippen LogP contribution in [0, 0.1) is 0 Å². The smallest absolute Gasteiger partial charge is 0.345 e. The first-order valence-electron chi connectivity index (χ1n) is 9.90. The van der Waals surface area contributed by atoms with Gasteiger partial charge in [-0.3, -0.25) is 5.43 Å². The molecule has 0 saturated carbocycles. The number of fused-ring (bicyclic) bond motifs is 1. The molecule has 0 saturated heterocycles. The molecule has 0 fully saturated rings. The number of sulfone groups is 1. The zero-order valence-electron chi connectivity index (χ0n) is 17.6. The van der Waals surface area contributed by atoms with E-state index in [0.29, 0.717) is 16.7 Å². The standard InChI is InChI=1S/C23H19N3O6S2/c24-34(30,31)19-12-10-17(11-13-19)25-26-21(15-33(28,29)18-7-2-1-3-8-18)20-14-16-6-4-5-9-22(16)32-23(20)27/h1-14,25H,15H2,(H2,24,30,31)/b26-21-. The zero-order valence-corrected chi connectivity index (χ0v) is 19.2. The molecule has 9 nitrogen and oxygen atoms in total. The van der Waals surface area contributed by atoms with Crippen LogP contribution in [-0.4, -0.2) is 28.3 Å². The fraction of sp³-hybridized carbons (Fsp3) is 0.0435. The van der Waals surface area contributed by atoms with E-state index in [1.54, 1.807) is 42.5 Å². The largest absolute Gasteiger partial charge is 0.422 e. The predicted octanol–water partition coefficient (Wildman–Crippen LogP) is 2.73. The number of rotatable bonds is 7. The van der Waals surface area contributed by atoms with E-state index in [-0.39, 0.29) is 21.1 Å². The minimum Gasteiger partial charge on any atom is -0.422 e. The summed E-state index contributed by atoms with van der Waals surface area (Å²) < 4.78 is 54.3. The van der Waals surface area contributed by atoms with Crippen molar-refractivity contribution in [1.29, 1.82) is 0 Å². The second-order valence-corrected chi connectivity index (χ2v) is 10.8. The Labute approximate surface area is 195 Å². The van der Waals surface area contributed by atoms with Gasteiger partial charge in [0.05, 0.1) is 32.5 Å². The molecule has 0 aliphatic rings. The zero-order chi connectivity index (χ0) is 24.3. The minimum atomic E-state index is -3.87. The summed E-state index contributed by atoms with van der Waals surface area (Å²) in [5, 5.41) is 9.88. The number of hydrazone groups is 1. The maximum atomic E-state index is 13.0. The Morgan fingerprint density at radius 3 is 2.18 bits per heavy atom. The fourth-order valence-electron chi connectivity index (χ4n) is 3.18. The molecule has 3 N–H and O–H groups in total. The summed E-state index contributed by atoms with van der Waals surface area (Å²) in [5.74, 6) is -0.581. The molecular weight excluding hydrogens is 478 g/mol. The maximum Gasteiger partial charge on any atom is 0.345 e. The average molecular weight is 498 g/mol. The molecule has 1 aromatic heterocycles. The lowest BCUT2D eigenvalue weighted by atomic mass is 10.1. The third kappa shape index (κ3) is 5.22. The van der Waals surface area contributed by atoms with Crippen LogP contribution in [0.15, 0.2) is 109 Å². The Bertz CT molecular complexity index is 1640. The van der Waals surface area contributed by atoms with Gasteiger partial charge in [0.2, 0.25) is 10.0 Å². The Morgan fingerprint density at radius 1 is 0.853 bits per heavy atom. The van der Waals surface area contributed by atoms with E-state index >= 15 is 0 Å². The number of primary sulfonamides is 1. The highest BCUT2D eigenvalue weighted by molar-refractivity contribution is 7.92. The van der Waals surface area contributed by atoms with Gasteiger partial charge in [0.1, 0.15) is 5.58 Å². The number of nitrogens with one attached hydrogen (secondary N) is 1. The van der Waals surface area contributed by atoms with Gasteiger partial charge in [-0.1, -0.05) is 36.4 Å². The molecule has 34 heavy (non-hydrogen) atoms. The van der Waals surface area contributed by atoms with Gasteiger partial charge in [-0.2, -0.15) is 5.10 Å². The van der Waals surface area contributed by atoms with Crippen molar-refractivity contribution in [2.45, 2.75) is 9.79 Å². The third-order valence-electron chi connectivity index (χ3n) is 4.88. The van der Waals surface area contributed by atoms with Crippen LogP contribution >= 0.6 is 0 Å². The van der Waals surface area contributed by atoms with Crippen LogP contribution in [0.5, 0.6) is 0 Å². The summed E-state index contributed by atoms with van der Waals surface area (Å²) in [4.78, 5) is 12.7. The molecule has 4 rings (SSSR count). The van der Waals surface area contributed by atoms with E-state index in [1.165, 1.54) is 42.5 Å². The molecule has 4 aromatic rings. The van der Waals surface area contributed by atoms with Crippen molar-refractivity contribution >= 4 is 42.2 Å². The van der Waals surface area contributed by atoms with Gasteiger partial charge in [0.25, 0.3) is 0 Å². The van der Waals surface area contributed by atoms with E-state index in [4.69, 9.17) is 9.56 Å². The van der Waals surface area contributed by atoms with Gasteiger partial charge >= 0.3 is 5.63 Å². The van der Waals surface area contributed by atoms with Crippen LogP contribution in [0.25, 0.3) is 11.0 Å². The highest BCUT2D eigenvalue weighted by Crippen LogP contribution is 2.18. The molecule has 0 amide bonds. The Hall–Kier alpha value is -3.80. The molecule has 1 heterocycles. The summed E-state index contributed by atoms with van der Waals surface area (Å²) in [5.41, 5.74) is 2.55. The van der Waals surface area contributed by atoms with Gasteiger partial charge < -0.3 is 4.42 Å². The summed E-state index contributed by atoms with van der Waals surface area (Å²) in [7, 11) is -7.73. The van der Waals surface area contributed by atoms with E-state index < -0.39 is 31.2 Å². The molecule has 0 bridgehead atoms. The quantitative estimate of drug-likeness (QED) is 0.226. The van der Waals surface area contributed by atoms with E-state index in [9.17, 15) is 21.6 Å². The molecule has 3 aromatic carbocycles. The lowest BCUT2D eigenvalue weighted by Gasteiger charge is -2.10. The van der Waals surface area contributed by atoms with Crippen molar-refractivity contribution < 1.29 is 21.3 Å². The Kier molecular flexibility index (Phi) is 6.33. The average Bonchev–Trinajstić information content (AvgIpc) is 2.81. The summed E-state index contributed by atoms with van der Waals surface area (Å²) in [6.07, 6.45) is 0. The molecule has 0 spiro atoms. The van der Waals surface area contributed by atoms with Crippen molar-refractivity contribution in [3.05, 3.63) is 101 Å². The van der Waals surface area contributed by atoms with E-state index in [2.05, 4.69) is 10.5 Å². The molecule has 0 aliphatic heterocycles. The van der Waals surface area contributed by atoms with Crippen molar-refractivity contribution in [2.24, 2.45) is 10.2 Å². The van der Waals surface area contributed by atoms with Gasteiger partial charge in [-0.15, -0.1) is 0 Å². The van der Waals surface area contributed by atoms with Crippen LogP contribution in [-0.2, 0) is 19.9 Å². The lowest BCUT2D eigenvalue weighted by molar-refractivity contribution is 0.559. The van der Waals surface area contributed by atoms with Crippen LogP contribution in [0.1, 0.15) is 5.56 Å². The third-order valence-corrected chi connectivity index (χ3v) is 7.46. The lowest BCUT2D eigenvalue weighted by Crippen LogP contribution is -2.24. The fourth-order valence-corrected chi connectivity index (χ4v) is 5.01. The second kappa shape index (κ2) is 9.21. The summed E-state index contributed by atoms with van der Waals surface area (Å²) in [6.45, 7) is 0. The first-order valence-corrected chi connectivity index (χ1v) is 13.1. The highest BCUT2D eigenvalue weighted by Gasteiger charge is 2.22. The van der Waals surface area contributed by atoms with Gasteiger partial charge in [0, 0.05) is 5.39 Å². The van der Waals surface area contributed by atoms with E-state index in [0.717, 1.165) is 0 Å². The molecule has 0 unspecified atom stereocenters. The number of nitrogens with two attached hydrogens (primary N) is 1. The molecule has 0 radical (unpaired) electrons. The number of benzene rings is 3. The summed E-state index contributed by atoms with van der Waals surface area (Å²) >= 11 is 0.